The Hall–Kier alpha value is -2.29. The molecule has 2 rings (SSSR count). The molecule has 0 saturated carbocycles. The molecular formula is C12H10BrFN4O3. The van der Waals surface area contributed by atoms with Crippen LogP contribution in [0, 0.1) is 22.9 Å². The molecule has 21 heavy (non-hydrogen) atoms. The van der Waals surface area contributed by atoms with Gasteiger partial charge in [-0.15, -0.1) is 0 Å². The Morgan fingerprint density at radius 3 is 2.86 bits per heavy atom. The highest BCUT2D eigenvalue weighted by atomic mass is 79.9. The van der Waals surface area contributed by atoms with E-state index in [0.717, 1.165) is 6.20 Å². The molecule has 0 aliphatic heterocycles. The first-order valence-corrected chi connectivity index (χ1v) is 6.59. The molecule has 0 fully saturated rings. The van der Waals surface area contributed by atoms with Crippen molar-refractivity contribution in [3.05, 3.63) is 50.5 Å². The highest BCUT2D eigenvalue weighted by Crippen LogP contribution is 2.20. The van der Waals surface area contributed by atoms with Crippen LogP contribution in [0.25, 0.3) is 0 Å². The zero-order valence-electron chi connectivity index (χ0n) is 10.8. The topological polar surface area (TPSA) is 90.1 Å². The van der Waals surface area contributed by atoms with Crippen LogP contribution >= 0.6 is 15.9 Å². The van der Waals surface area contributed by atoms with Crippen molar-refractivity contribution in [3.8, 4) is 0 Å². The number of hydrogen-bond acceptors (Lipinski definition) is 4. The lowest BCUT2D eigenvalue weighted by Gasteiger charge is -2.07. The molecule has 0 spiro atoms. The molecule has 0 bridgehead atoms. The Balaban J connectivity index is 2.10. The maximum atomic E-state index is 13.6. The number of carbonyl (C=O) groups excluding carboxylic acids is 1. The summed E-state index contributed by atoms with van der Waals surface area (Å²) in [6, 6.07) is 4.22. The number of amides is 1. The van der Waals surface area contributed by atoms with Gasteiger partial charge in [-0.1, -0.05) is 15.9 Å². The van der Waals surface area contributed by atoms with Gasteiger partial charge >= 0.3 is 5.69 Å². The van der Waals surface area contributed by atoms with Gasteiger partial charge in [0.2, 0.25) is 5.91 Å². The SMILES string of the molecule is Cc1c([N+](=O)[O-])cnn1CC(=O)Nc1ccc(Br)cc1F. The second-order valence-corrected chi connectivity index (χ2v) is 5.12. The smallest absolute Gasteiger partial charge is 0.309 e. The maximum Gasteiger partial charge on any atom is 0.309 e. The van der Waals surface area contributed by atoms with Crippen LogP contribution < -0.4 is 5.32 Å². The molecule has 2 aromatic rings. The molecule has 1 aromatic carbocycles. The van der Waals surface area contributed by atoms with Gasteiger partial charge in [0.05, 0.1) is 10.6 Å². The number of nitrogens with zero attached hydrogens (tertiary/aromatic N) is 3. The summed E-state index contributed by atoms with van der Waals surface area (Å²) in [6.45, 7) is 1.24. The minimum absolute atomic E-state index is 0.0301. The van der Waals surface area contributed by atoms with Crippen LogP contribution in [-0.2, 0) is 11.3 Å². The number of rotatable bonds is 4. The van der Waals surface area contributed by atoms with Crippen molar-refractivity contribution in [1.29, 1.82) is 0 Å². The third kappa shape index (κ3) is 3.43. The van der Waals surface area contributed by atoms with Crippen LogP contribution in [0.15, 0.2) is 28.9 Å². The summed E-state index contributed by atoms with van der Waals surface area (Å²) < 4.78 is 15.3. The lowest BCUT2D eigenvalue weighted by atomic mass is 10.3. The summed E-state index contributed by atoms with van der Waals surface area (Å²) in [5.41, 5.74) is 0.117. The molecule has 0 aliphatic carbocycles. The standard InChI is InChI=1S/C12H10BrFN4O3/c1-7-11(18(20)21)5-15-17(7)6-12(19)16-10-3-2-8(13)4-9(10)14/h2-5H,6H2,1H3,(H,16,19). The van der Waals surface area contributed by atoms with Crippen molar-refractivity contribution in [2.75, 3.05) is 5.32 Å². The van der Waals surface area contributed by atoms with Crippen LogP contribution in [0.5, 0.6) is 0 Å². The molecule has 1 N–H and O–H groups in total. The fourth-order valence-corrected chi connectivity index (χ4v) is 2.03. The van der Waals surface area contributed by atoms with Crippen molar-refractivity contribution >= 4 is 33.2 Å². The summed E-state index contributed by atoms with van der Waals surface area (Å²) in [4.78, 5) is 21.9. The number of anilines is 1. The second-order valence-electron chi connectivity index (χ2n) is 4.20. The normalized spacial score (nSPS) is 10.4. The zero-order chi connectivity index (χ0) is 15.6. The van der Waals surface area contributed by atoms with Crippen LogP contribution in [-0.4, -0.2) is 20.6 Å². The van der Waals surface area contributed by atoms with Crippen LogP contribution in [0.4, 0.5) is 15.8 Å². The van der Waals surface area contributed by atoms with Crippen molar-refractivity contribution < 1.29 is 14.1 Å². The first-order chi connectivity index (χ1) is 9.88. The minimum Gasteiger partial charge on any atom is -0.322 e. The van der Waals surface area contributed by atoms with Crippen molar-refractivity contribution in [2.45, 2.75) is 13.5 Å². The number of nitro groups is 1. The van der Waals surface area contributed by atoms with Crippen molar-refractivity contribution in [2.24, 2.45) is 0 Å². The zero-order valence-corrected chi connectivity index (χ0v) is 12.4. The van der Waals surface area contributed by atoms with Gasteiger partial charge in [-0.05, 0) is 25.1 Å². The summed E-state index contributed by atoms with van der Waals surface area (Å²) in [7, 11) is 0. The van der Waals surface area contributed by atoms with E-state index >= 15 is 0 Å². The van der Waals surface area contributed by atoms with Gasteiger partial charge in [0.15, 0.2) is 0 Å². The molecular weight excluding hydrogens is 347 g/mol. The predicted molar refractivity (Wildman–Crippen MR) is 76.3 cm³/mol. The third-order valence-corrected chi connectivity index (χ3v) is 3.27. The lowest BCUT2D eigenvalue weighted by Crippen LogP contribution is -2.20. The number of halogens is 2. The molecule has 0 saturated heterocycles. The molecule has 0 unspecified atom stereocenters. The van der Waals surface area contributed by atoms with E-state index in [9.17, 15) is 19.3 Å². The average Bonchev–Trinajstić information content (AvgIpc) is 2.74. The largest absolute Gasteiger partial charge is 0.322 e. The minimum atomic E-state index is -0.583. The van der Waals surface area contributed by atoms with Gasteiger partial charge in [0, 0.05) is 4.47 Å². The summed E-state index contributed by atoms with van der Waals surface area (Å²) in [5.74, 6) is -1.11. The molecule has 1 amide bonds. The average molecular weight is 357 g/mol. The van der Waals surface area contributed by atoms with Crippen LogP contribution in [0.2, 0.25) is 0 Å². The molecule has 7 nitrogen and oxygen atoms in total. The summed E-state index contributed by atoms with van der Waals surface area (Å²) in [6.07, 6.45) is 1.07. The van der Waals surface area contributed by atoms with Crippen LogP contribution in [0.1, 0.15) is 5.69 Å². The Labute approximate surface area is 127 Å². The Bertz CT molecular complexity index is 717. The van der Waals surface area contributed by atoms with Crippen molar-refractivity contribution in [1.82, 2.24) is 9.78 Å². The molecule has 0 atom stereocenters. The van der Waals surface area contributed by atoms with Gasteiger partial charge in [-0.2, -0.15) is 5.10 Å². The summed E-state index contributed by atoms with van der Waals surface area (Å²) >= 11 is 3.11. The van der Waals surface area contributed by atoms with E-state index in [0.29, 0.717) is 4.47 Å². The van der Waals surface area contributed by atoms with E-state index in [1.165, 1.54) is 23.7 Å². The Morgan fingerprint density at radius 1 is 1.57 bits per heavy atom. The van der Waals surface area contributed by atoms with Gasteiger partial charge in [-0.25, -0.2) is 4.39 Å². The van der Waals surface area contributed by atoms with Gasteiger partial charge < -0.3 is 5.32 Å². The molecule has 0 aliphatic rings. The molecule has 1 heterocycles. The van der Waals surface area contributed by atoms with E-state index < -0.39 is 16.6 Å². The number of nitrogens with one attached hydrogen (secondary N) is 1. The van der Waals surface area contributed by atoms with Gasteiger partial charge in [-0.3, -0.25) is 19.6 Å². The second kappa shape index (κ2) is 6.00. The van der Waals surface area contributed by atoms with E-state index in [4.69, 9.17) is 0 Å². The van der Waals surface area contributed by atoms with Crippen molar-refractivity contribution in [3.63, 3.8) is 0 Å². The van der Waals surface area contributed by atoms with Gasteiger partial charge in [0.25, 0.3) is 0 Å². The van der Waals surface area contributed by atoms with E-state index in [1.807, 2.05) is 0 Å². The molecule has 1 aromatic heterocycles. The third-order valence-electron chi connectivity index (χ3n) is 2.77. The van der Waals surface area contributed by atoms with Crippen LogP contribution in [0.3, 0.4) is 0 Å². The number of carbonyl (C=O) groups is 1. The number of aromatic nitrogens is 2. The Morgan fingerprint density at radius 2 is 2.29 bits per heavy atom. The van der Waals surface area contributed by atoms with E-state index in [2.05, 4.69) is 26.3 Å². The Kier molecular flexibility index (Phi) is 4.32. The number of hydrogen-bond donors (Lipinski definition) is 1. The predicted octanol–water partition coefficient (Wildman–Crippen LogP) is 2.64. The fraction of sp³-hybridized carbons (Fsp3) is 0.167. The lowest BCUT2D eigenvalue weighted by molar-refractivity contribution is -0.385. The molecule has 110 valence electrons. The highest BCUT2D eigenvalue weighted by molar-refractivity contribution is 9.10. The molecule has 9 heteroatoms. The number of benzene rings is 1. The first kappa shape index (κ1) is 15.1. The van der Waals surface area contributed by atoms with E-state index in [-0.39, 0.29) is 23.6 Å². The fourth-order valence-electron chi connectivity index (χ4n) is 1.69. The van der Waals surface area contributed by atoms with Gasteiger partial charge in [0.1, 0.15) is 24.3 Å². The monoisotopic (exact) mass is 356 g/mol. The maximum absolute atomic E-state index is 13.6. The summed E-state index contributed by atoms with van der Waals surface area (Å²) in [5, 5.41) is 16.8. The van der Waals surface area contributed by atoms with E-state index in [1.54, 1.807) is 6.07 Å². The first-order valence-electron chi connectivity index (χ1n) is 5.80. The quantitative estimate of drug-likeness (QED) is 0.673. The molecule has 0 radical (unpaired) electrons. The highest BCUT2D eigenvalue weighted by Gasteiger charge is 2.18.